The maximum atomic E-state index is 12.4. The molecule has 1 fully saturated rings. The quantitative estimate of drug-likeness (QED) is 0.817. The fourth-order valence-corrected chi connectivity index (χ4v) is 3.42. The van der Waals surface area contributed by atoms with Crippen molar-refractivity contribution in [3.63, 3.8) is 0 Å². The van der Waals surface area contributed by atoms with Gasteiger partial charge in [-0.25, -0.2) is 0 Å². The Balaban J connectivity index is 2.00. The molecule has 2 heterocycles. The number of nitrogens with one attached hydrogen (secondary N) is 1. The van der Waals surface area contributed by atoms with E-state index in [0.29, 0.717) is 11.1 Å². The van der Waals surface area contributed by atoms with Gasteiger partial charge in [-0.3, -0.25) is 14.9 Å². The van der Waals surface area contributed by atoms with E-state index in [1.807, 2.05) is 24.3 Å². The Morgan fingerprint density at radius 2 is 1.71 bits per heavy atom. The number of amides is 2. The van der Waals surface area contributed by atoms with Crippen molar-refractivity contribution in [3.05, 3.63) is 41.5 Å². The zero-order chi connectivity index (χ0) is 14.4. The Labute approximate surface area is 122 Å². The zero-order valence-electron chi connectivity index (χ0n) is 11.7. The number of nitrogens with zero attached hydrogens (tertiary/aromatic N) is 1. The molecular weight excluding hydrogens is 264 g/mol. The van der Waals surface area contributed by atoms with Gasteiger partial charge in [-0.2, -0.15) is 0 Å². The molecule has 21 heavy (non-hydrogen) atoms. The predicted octanol–water partition coefficient (Wildman–Crippen LogP) is 2.71. The van der Waals surface area contributed by atoms with Crippen LogP contribution in [0.2, 0.25) is 0 Å². The molecule has 0 saturated carbocycles. The Bertz CT molecular complexity index is 761. The Morgan fingerprint density at radius 1 is 0.905 bits per heavy atom. The molecule has 2 aromatic rings. The van der Waals surface area contributed by atoms with Crippen LogP contribution in [0, 0.1) is 0 Å². The van der Waals surface area contributed by atoms with Gasteiger partial charge < -0.3 is 4.90 Å². The van der Waals surface area contributed by atoms with Crippen molar-refractivity contribution >= 4 is 28.3 Å². The number of anilines is 1. The third-order valence-corrected chi connectivity index (χ3v) is 4.42. The van der Waals surface area contributed by atoms with Gasteiger partial charge in [0.1, 0.15) is 0 Å². The molecule has 0 aliphatic carbocycles. The van der Waals surface area contributed by atoms with Gasteiger partial charge in [-0.1, -0.05) is 18.2 Å². The smallest absolute Gasteiger partial charge is 0.260 e. The van der Waals surface area contributed by atoms with E-state index in [0.717, 1.165) is 42.4 Å². The van der Waals surface area contributed by atoms with Gasteiger partial charge in [0.15, 0.2) is 0 Å². The summed E-state index contributed by atoms with van der Waals surface area (Å²) in [7, 11) is 0. The highest BCUT2D eigenvalue weighted by Gasteiger charge is 2.29. The second-order valence-corrected chi connectivity index (χ2v) is 5.69. The first-order valence-corrected chi connectivity index (χ1v) is 7.42. The van der Waals surface area contributed by atoms with Crippen molar-refractivity contribution in [1.29, 1.82) is 0 Å². The molecule has 0 radical (unpaired) electrons. The van der Waals surface area contributed by atoms with Gasteiger partial charge in [0.05, 0.1) is 11.3 Å². The summed E-state index contributed by atoms with van der Waals surface area (Å²) in [6, 6.07) is 9.62. The first-order chi connectivity index (χ1) is 10.3. The maximum Gasteiger partial charge on any atom is 0.260 e. The number of carbonyl (C=O) groups excluding carboxylic acids is 2. The molecule has 2 amide bonds. The van der Waals surface area contributed by atoms with E-state index >= 15 is 0 Å². The van der Waals surface area contributed by atoms with Gasteiger partial charge >= 0.3 is 0 Å². The molecule has 2 aromatic carbocycles. The van der Waals surface area contributed by atoms with Crippen molar-refractivity contribution in [3.8, 4) is 0 Å². The topological polar surface area (TPSA) is 49.4 Å². The predicted molar refractivity (Wildman–Crippen MR) is 81.8 cm³/mol. The van der Waals surface area contributed by atoms with Crippen molar-refractivity contribution in [2.75, 3.05) is 18.0 Å². The van der Waals surface area contributed by atoms with Crippen LogP contribution in [0.15, 0.2) is 30.3 Å². The van der Waals surface area contributed by atoms with Gasteiger partial charge in [-0.15, -0.1) is 0 Å². The van der Waals surface area contributed by atoms with Crippen molar-refractivity contribution in [2.24, 2.45) is 0 Å². The van der Waals surface area contributed by atoms with Crippen LogP contribution < -0.4 is 10.2 Å². The van der Waals surface area contributed by atoms with E-state index in [-0.39, 0.29) is 11.8 Å². The Hall–Kier alpha value is -2.36. The highest BCUT2D eigenvalue weighted by molar-refractivity contribution is 6.27. The van der Waals surface area contributed by atoms with Gasteiger partial charge in [0.25, 0.3) is 11.8 Å². The Morgan fingerprint density at radius 3 is 2.52 bits per heavy atom. The number of benzene rings is 2. The fraction of sp³-hybridized carbons (Fsp3) is 0.294. The minimum absolute atomic E-state index is 0.273. The normalized spacial score (nSPS) is 18.0. The van der Waals surface area contributed by atoms with E-state index in [2.05, 4.69) is 10.2 Å². The molecule has 0 unspecified atom stereocenters. The van der Waals surface area contributed by atoms with Crippen LogP contribution in [-0.2, 0) is 0 Å². The van der Waals surface area contributed by atoms with Crippen LogP contribution in [-0.4, -0.2) is 24.9 Å². The van der Waals surface area contributed by atoms with Gasteiger partial charge in [-0.05, 0) is 36.8 Å². The summed E-state index contributed by atoms with van der Waals surface area (Å²) in [5.74, 6) is -0.571. The number of hydrogen-bond acceptors (Lipinski definition) is 3. The molecule has 0 spiro atoms. The first-order valence-electron chi connectivity index (χ1n) is 7.42. The summed E-state index contributed by atoms with van der Waals surface area (Å²) in [4.78, 5) is 26.7. The SMILES string of the molecule is O=C1NC(=O)c2c(N3CCCCC3)ccc3cccc1c23. The second-order valence-electron chi connectivity index (χ2n) is 5.69. The van der Waals surface area contributed by atoms with Gasteiger partial charge in [0.2, 0.25) is 0 Å². The summed E-state index contributed by atoms with van der Waals surface area (Å²) < 4.78 is 0. The first kappa shape index (κ1) is 12.4. The van der Waals surface area contributed by atoms with Gasteiger partial charge in [0, 0.05) is 24.0 Å². The summed E-state index contributed by atoms with van der Waals surface area (Å²) >= 11 is 0. The molecule has 4 heteroatoms. The lowest BCUT2D eigenvalue weighted by atomic mass is 9.93. The van der Waals surface area contributed by atoms with E-state index in [9.17, 15) is 9.59 Å². The molecule has 1 saturated heterocycles. The average molecular weight is 280 g/mol. The number of rotatable bonds is 1. The number of carbonyl (C=O) groups is 2. The van der Waals surface area contributed by atoms with Crippen LogP contribution in [0.1, 0.15) is 40.0 Å². The minimum atomic E-state index is -0.297. The van der Waals surface area contributed by atoms with Crippen LogP contribution in [0.25, 0.3) is 10.8 Å². The lowest BCUT2D eigenvalue weighted by Gasteiger charge is -2.32. The molecule has 2 aliphatic heterocycles. The summed E-state index contributed by atoms with van der Waals surface area (Å²) in [5, 5.41) is 4.22. The van der Waals surface area contributed by atoms with Crippen LogP contribution in [0.5, 0.6) is 0 Å². The van der Waals surface area contributed by atoms with Crippen LogP contribution in [0.3, 0.4) is 0 Å². The van der Waals surface area contributed by atoms with Crippen LogP contribution >= 0.6 is 0 Å². The molecule has 0 atom stereocenters. The zero-order valence-corrected chi connectivity index (χ0v) is 11.7. The highest BCUT2D eigenvalue weighted by atomic mass is 16.2. The maximum absolute atomic E-state index is 12.4. The summed E-state index contributed by atoms with van der Waals surface area (Å²) in [5.41, 5.74) is 2.21. The highest BCUT2D eigenvalue weighted by Crippen LogP contribution is 2.34. The van der Waals surface area contributed by atoms with E-state index in [1.54, 1.807) is 6.07 Å². The molecule has 4 nitrogen and oxygen atoms in total. The standard InChI is InChI=1S/C17H16N2O2/c20-16-12-6-4-5-11-7-8-13(19-9-2-1-3-10-19)15(14(11)12)17(21)18-16/h4-8H,1-3,9-10H2,(H,18,20,21). The monoisotopic (exact) mass is 280 g/mol. The molecule has 4 rings (SSSR count). The molecule has 0 aromatic heterocycles. The fourth-order valence-electron chi connectivity index (χ4n) is 3.42. The lowest BCUT2D eigenvalue weighted by molar-refractivity contribution is 0.0845. The minimum Gasteiger partial charge on any atom is -0.371 e. The van der Waals surface area contributed by atoms with E-state index in [4.69, 9.17) is 0 Å². The van der Waals surface area contributed by atoms with E-state index < -0.39 is 0 Å². The Kier molecular flexibility index (Phi) is 2.70. The number of piperidine rings is 1. The summed E-state index contributed by atoms with van der Waals surface area (Å²) in [6.45, 7) is 1.95. The number of hydrogen-bond donors (Lipinski definition) is 1. The number of imide groups is 1. The molecule has 0 bridgehead atoms. The molecule has 2 aliphatic rings. The summed E-state index contributed by atoms with van der Waals surface area (Å²) in [6.07, 6.45) is 3.55. The molecule has 1 N–H and O–H groups in total. The average Bonchev–Trinajstić information content (AvgIpc) is 2.53. The second kappa shape index (κ2) is 4.58. The third-order valence-electron chi connectivity index (χ3n) is 4.42. The third kappa shape index (κ3) is 1.82. The van der Waals surface area contributed by atoms with E-state index in [1.165, 1.54) is 6.42 Å². The van der Waals surface area contributed by atoms with Crippen LogP contribution in [0.4, 0.5) is 5.69 Å². The largest absolute Gasteiger partial charge is 0.371 e. The van der Waals surface area contributed by atoms with Crippen molar-refractivity contribution in [2.45, 2.75) is 19.3 Å². The van der Waals surface area contributed by atoms with Crippen molar-refractivity contribution < 1.29 is 9.59 Å². The lowest BCUT2D eigenvalue weighted by Crippen LogP contribution is -2.38. The molecular formula is C17H16N2O2. The van der Waals surface area contributed by atoms with Crippen molar-refractivity contribution in [1.82, 2.24) is 5.32 Å². The molecule has 106 valence electrons.